The highest BCUT2D eigenvalue weighted by Gasteiger charge is 2.14. The molecule has 0 saturated heterocycles. The van der Waals surface area contributed by atoms with Crippen molar-refractivity contribution in [3.8, 4) is 5.75 Å². The third-order valence-electron chi connectivity index (χ3n) is 3.38. The maximum atomic E-state index is 12.1. The van der Waals surface area contributed by atoms with E-state index in [4.69, 9.17) is 4.74 Å². The van der Waals surface area contributed by atoms with Gasteiger partial charge in [0.25, 0.3) is 0 Å². The van der Waals surface area contributed by atoms with Crippen LogP contribution in [0.15, 0.2) is 48.5 Å². The highest BCUT2D eigenvalue weighted by Crippen LogP contribution is 2.22. The lowest BCUT2D eigenvalue weighted by Gasteiger charge is -2.18. The summed E-state index contributed by atoms with van der Waals surface area (Å²) in [6.45, 7) is 1.73. The van der Waals surface area contributed by atoms with Gasteiger partial charge in [0.15, 0.2) is 0 Å². The Balaban J connectivity index is 2.06. The second-order valence-corrected chi connectivity index (χ2v) is 4.93. The smallest absolute Gasteiger partial charge is 0.319 e. The van der Waals surface area contributed by atoms with Gasteiger partial charge in [-0.15, -0.1) is 0 Å². The van der Waals surface area contributed by atoms with Crippen LogP contribution in [0.4, 0.5) is 10.5 Å². The summed E-state index contributed by atoms with van der Waals surface area (Å²) in [6.07, 6.45) is 0. The summed E-state index contributed by atoms with van der Waals surface area (Å²) in [6, 6.07) is 14.0. The van der Waals surface area contributed by atoms with Crippen LogP contribution in [-0.2, 0) is 0 Å². The molecule has 1 unspecified atom stereocenters. The van der Waals surface area contributed by atoms with E-state index in [2.05, 4.69) is 10.6 Å². The van der Waals surface area contributed by atoms with E-state index < -0.39 is 6.04 Å². The van der Waals surface area contributed by atoms with Crippen molar-refractivity contribution in [1.29, 1.82) is 0 Å². The average Bonchev–Trinajstić information content (AvgIpc) is 2.55. The van der Waals surface area contributed by atoms with Crippen molar-refractivity contribution in [1.82, 2.24) is 5.32 Å². The number of benzene rings is 2. The first kappa shape index (κ1) is 15.9. The molecule has 22 heavy (non-hydrogen) atoms. The number of urea groups is 1. The van der Waals surface area contributed by atoms with E-state index in [1.165, 1.54) is 0 Å². The van der Waals surface area contributed by atoms with Gasteiger partial charge in [0, 0.05) is 11.8 Å². The lowest BCUT2D eigenvalue weighted by atomic mass is 10.1. The zero-order valence-corrected chi connectivity index (χ0v) is 12.7. The Hall–Kier alpha value is -2.53. The molecule has 3 N–H and O–H groups in total. The second-order valence-electron chi connectivity index (χ2n) is 4.93. The minimum atomic E-state index is -0.452. The van der Waals surface area contributed by atoms with Gasteiger partial charge in [-0.05, 0) is 24.1 Å². The first-order chi connectivity index (χ1) is 10.6. The predicted octanol–water partition coefficient (Wildman–Crippen LogP) is 2.86. The maximum Gasteiger partial charge on any atom is 0.319 e. The molecule has 5 heteroatoms. The molecule has 0 heterocycles. The normalized spacial score (nSPS) is 11.6. The van der Waals surface area contributed by atoms with Crippen molar-refractivity contribution in [2.45, 2.75) is 13.0 Å². The summed E-state index contributed by atoms with van der Waals surface area (Å²) in [5, 5.41) is 15.0. The molecular formula is C17H20N2O3. The number of nitrogens with one attached hydrogen (secondary N) is 2. The fraction of sp³-hybridized carbons (Fsp3) is 0.235. The number of hydrogen-bond donors (Lipinski definition) is 3. The molecule has 0 fully saturated rings. The molecule has 116 valence electrons. The topological polar surface area (TPSA) is 70.6 Å². The van der Waals surface area contributed by atoms with Crippen LogP contribution in [0.1, 0.15) is 17.2 Å². The van der Waals surface area contributed by atoms with E-state index in [-0.39, 0.29) is 12.6 Å². The van der Waals surface area contributed by atoms with Crippen LogP contribution in [0.25, 0.3) is 0 Å². The molecule has 0 saturated carbocycles. The van der Waals surface area contributed by atoms with Crippen LogP contribution in [0.2, 0.25) is 0 Å². The van der Waals surface area contributed by atoms with Crippen LogP contribution in [-0.4, -0.2) is 24.9 Å². The average molecular weight is 300 g/mol. The van der Waals surface area contributed by atoms with Gasteiger partial charge in [-0.3, -0.25) is 0 Å². The lowest BCUT2D eigenvalue weighted by molar-refractivity contribution is 0.225. The minimum Gasteiger partial charge on any atom is -0.497 e. The number of aliphatic hydroxyl groups is 1. The Morgan fingerprint density at radius 2 is 1.95 bits per heavy atom. The van der Waals surface area contributed by atoms with E-state index in [1.54, 1.807) is 13.2 Å². The van der Waals surface area contributed by atoms with E-state index in [0.29, 0.717) is 11.4 Å². The van der Waals surface area contributed by atoms with Crippen LogP contribution >= 0.6 is 0 Å². The zero-order valence-electron chi connectivity index (χ0n) is 12.7. The molecule has 2 aromatic rings. The van der Waals surface area contributed by atoms with Crippen LogP contribution in [0.5, 0.6) is 5.75 Å². The third-order valence-corrected chi connectivity index (χ3v) is 3.38. The van der Waals surface area contributed by atoms with E-state index >= 15 is 0 Å². The van der Waals surface area contributed by atoms with Crippen LogP contribution < -0.4 is 15.4 Å². The van der Waals surface area contributed by atoms with Gasteiger partial charge in [0.1, 0.15) is 5.75 Å². The molecule has 5 nitrogen and oxygen atoms in total. The van der Waals surface area contributed by atoms with Crippen molar-refractivity contribution in [2.75, 3.05) is 19.0 Å². The van der Waals surface area contributed by atoms with Crippen molar-refractivity contribution < 1.29 is 14.6 Å². The lowest BCUT2D eigenvalue weighted by Crippen LogP contribution is -2.34. The van der Waals surface area contributed by atoms with Crippen molar-refractivity contribution >= 4 is 11.7 Å². The van der Waals surface area contributed by atoms with Gasteiger partial charge >= 0.3 is 6.03 Å². The largest absolute Gasteiger partial charge is 0.497 e. The van der Waals surface area contributed by atoms with Gasteiger partial charge in [-0.2, -0.15) is 0 Å². The molecular weight excluding hydrogens is 280 g/mol. The molecule has 2 aromatic carbocycles. The van der Waals surface area contributed by atoms with Gasteiger partial charge in [0.2, 0.25) is 0 Å². The van der Waals surface area contributed by atoms with Crippen molar-refractivity contribution in [2.24, 2.45) is 0 Å². The molecule has 2 rings (SSSR count). The number of aliphatic hydroxyl groups excluding tert-OH is 1. The van der Waals surface area contributed by atoms with Crippen molar-refractivity contribution in [3.05, 3.63) is 59.7 Å². The monoisotopic (exact) mass is 300 g/mol. The Labute approximate surface area is 129 Å². The Bertz CT molecular complexity index is 629. The molecule has 0 radical (unpaired) electrons. The Morgan fingerprint density at radius 3 is 2.59 bits per heavy atom. The summed E-state index contributed by atoms with van der Waals surface area (Å²) in [5.41, 5.74) is 2.44. The molecule has 2 amide bonds. The SMILES string of the molecule is COc1ccc(C)c(NC(=O)NC(CO)c2ccccc2)c1. The molecule has 0 aromatic heterocycles. The van der Waals surface area contributed by atoms with Crippen molar-refractivity contribution in [3.63, 3.8) is 0 Å². The zero-order chi connectivity index (χ0) is 15.9. The number of ether oxygens (including phenoxy) is 1. The maximum absolute atomic E-state index is 12.1. The summed E-state index contributed by atoms with van der Waals surface area (Å²) >= 11 is 0. The van der Waals surface area contributed by atoms with Gasteiger partial charge in [-0.1, -0.05) is 36.4 Å². The van der Waals surface area contributed by atoms with Gasteiger partial charge in [0.05, 0.1) is 19.8 Å². The Morgan fingerprint density at radius 1 is 1.23 bits per heavy atom. The van der Waals surface area contributed by atoms with Gasteiger partial charge in [-0.25, -0.2) is 4.79 Å². The number of amides is 2. The summed E-state index contributed by atoms with van der Waals surface area (Å²) < 4.78 is 5.15. The molecule has 0 bridgehead atoms. The standard InChI is InChI=1S/C17H20N2O3/c1-12-8-9-14(22-2)10-15(12)18-17(21)19-16(11-20)13-6-4-3-5-7-13/h3-10,16,20H,11H2,1-2H3,(H2,18,19,21). The minimum absolute atomic E-state index is 0.172. The number of carbonyl (C=O) groups is 1. The quantitative estimate of drug-likeness (QED) is 0.795. The highest BCUT2D eigenvalue weighted by atomic mass is 16.5. The first-order valence-corrected chi connectivity index (χ1v) is 7.02. The third kappa shape index (κ3) is 3.99. The summed E-state index contributed by atoms with van der Waals surface area (Å²) in [7, 11) is 1.58. The predicted molar refractivity (Wildman–Crippen MR) is 86.2 cm³/mol. The van der Waals surface area contributed by atoms with Crippen LogP contribution in [0.3, 0.4) is 0 Å². The van der Waals surface area contributed by atoms with Gasteiger partial charge < -0.3 is 20.5 Å². The number of anilines is 1. The number of carbonyl (C=O) groups excluding carboxylic acids is 1. The molecule has 0 aliphatic rings. The number of methoxy groups -OCH3 is 1. The van der Waals surface area contributed by atoms with E-state index in [1.807, 2.05) is 49.4 Å². The molecule has 1 atom stereocenters. The first-order valence-electron chi connectivity index (χ1n) is 7.02. The fourth-order valence-electron chi connectivity index (χ4n) is 2.10. The summed E-state index contributed by atoms with van der Waals surface area (Å²) in [4.78, 5) is 12.1. The summed E-state index contributed by atoms with van der Waals surface area (Å²) in [5.74, 6) is 0.669. The number of hydrogen-bond acceptors (Lipinski definition) is 3. The number of rotatable bonds is 5. The second kappa shape index (κ2) is 7.47. The van der Waals surface area contributed by atoms with E-state index in [0.717, 1.165) is 11.1 Å². The highest BCUT2D eigenvalue weighted by molar-refractivity contribution is 5.90. The van der Waals surface area contributed by atoms with E-state index in [9.17, 15) is 9.90 Å². The number of aryl methyl sites for hydroxylation is 1. The fourth-order valence-corrected chi connectivity index (χ4v) is 2.10. The molecule has 0 spiro atoms. The van der Waals surface area contributed by atoms with Crippen LogP contribution in [0, 0.1) is 6.92 Å². The molecule has 0 aliphatic carbocycles. The molecule has 0 aliphatic heterocycles. The Kier molecular flexibility index (Phi) is 5.38.